The van der Waals surface area contributed by atoms with Crippen LogP contribution in [0.3, 0.4) is 0 Å². The van der Waals surface area contributed by atoms with Gasteiger partial charge in [-0.25, -0.2) is 9.59 Å². The molecule has 0 saturated carbocycles. The second-order valence-electron chi connectivity index (χ2n) is 12.0. The lowest BCUT2D eigenvalue weighted by atomic mass is 9.73. The molecule has 0 aliphatic carbocycles. The minimum absolute atomic E-state index is 0.0994. The zero-order valence-corrected chi connectivity index (χ0v) is 24.7. The van der Waals surface area contributed by atoms with Crippen LogP contribution in [0.15, 0.2) is 109 Å². The highest BCUT2D eigenvalue weighted by Gasteiger charge is 2.67. The fraction of sp³-hybridized carbons (Fsp3) is 0.158. The monoisotopic (exact) mass is 608 g/mol. The van der Waals surface area contributed by atoms with Crippen molar-refractivity contribution in [2.75, 3.05) is 0 Å². The molecule has 6 aromatic carbocycles. The van der Waals surface area contributed by atoms with Gasteiger partial charge in [0.05, 0.1) is 0 Å². The number of amides is 2. The summed E-state index contributed by atoms with van der Waals surface area (Å²) in [5.41, 5.74) is -2.28. The highest BCUT2D eigenvalue weighted by Crippen LogP contribution is 2.37. The SMILES string of the molecule is O=C1N[C@]2(C(=O)OCc3c4ccccc4cc4ccccc34)CC[C@@]1(C(=O)OCc1c3ccccc3cc3ccccc13)NC2=O. The van der Waals surface area contributed by atoms with Gasteiger partial charge in [-0.1, -0.05) is 97.1 Å². The van der Waals surface area contributed by atoms with Crippen LogP contribution in [-0.2, 0) is 41.9 Å². The molecule has 6 aromatic rings. The van der Waals surface area contributed by atoms with E-state index in [1.807, 2.05) is 97.1 Å². The van der Waals surface area contributed by atoms with E-state index in [1.54, 1.807) is 0 Å². The van der Waals surface area contributed by atoms with Crippen molar-refractivity contribution < 1.29 is 28.7 Å². The summed E-state index contributed by atoms with van der Waals surface area (Å²) in [4.78, 5) is 54.2. The summed E-state index contributed by atoms with van der Waals surface area (Å²) in [5.74, 6) is -3.34. The van der Waals surface area contributed by atoms with Crippen LogP contribution in [0.1, 0.15) is 24.0 Å². The molecule has 3 heterocycles. The van der Waals surface area contributed by atoms with Gasteiger partial charge in [0, 0.05) is 11.1 Å². The van der Waals surface area contributed by atoms with Crippen LogP contribution in [0.2, 0.25) is 0 Å². The normalized spacial score (nSPS) is 20.5. The first kappa shape index (κ1) is 27.8. The number of nitrogens with one attached hydrogen (secondary N) is 2. The van der Waals surface area contributed by atoms with Gasteiger partial charge in [-0.05, 0) is 68.1 Å². The second kappa shape index (κ2) is 10.4. The van der Waals surface area contributed by atoms with Gasteiger partial charge < -0.3 is 20.1 Å². The second-order valence-corrected chi connectivity index (χ2v) is 12.0. The molecule has 0 radical (unpaired) electrons. The summed E-state index contributed by atoms with van der Waals surface area (Å²) in [6.45, 7) is -0.199. The quantitative estimate of drug-likeness (QED) is 0.145. The first-order valence-corrected chi connectivity index (χ1v) is 15.2. The number of ether oxygens (including phenoxy) is 2. The third-order valence-corrected chi connectivity index (χ3v) is 9.46. The molecule has 9 rings (SSSR count). The summed E-state index contributed by atoms with van der Waals surface area (Å²) in [6, 6.07) is 35.4. The number of carbonyl (C=O) groups excluding carboxylic acids is 4. The molecular formula is C38H28N2O6. The van der Waals surface area contributed by atoms with Gasteiger partial charge in [0.1, 0.15) is 13.2 Å². The van der Waals surface area contributed by atoms with E-state index < -0.39 is 34.8 Å². The van der Waals surface area contributed by atoms with Crippen LogP contribution in [-0.4, -0.2) is 34.8 Å². The van der Waals surface area contributed by atoms with Gasteiger partial charge in [-0.3, -0.25) is 9.59 Å². The lowest BCUT2D eigenvalue weighted by molar-refractivity contribution is -0.178. The molecule has 0 spiro atoms. The smallest absolute Gasteiger partial charge is 0.342 e. The summed E-state index contributed by atoms with van der Waals surface area (Å²) in [6.07, 6.45) is -0.210. The van der Waals surface area contributed by atoms with Crippen LogP contribution in [0.5, 0.6) is 0 Å². The van der Waals surface area contributed by atoms with Crippen molar-refractivity contribution in [1.29, 1.82) is 0 Å². The topological polar surface area (TPSA) is 111 Å². The number of carbonyl (C=O) groups is 4. The third-order valence-electron chi connectivity index (χ3n) is 9.46. The van der Waals surface area contributed by atoms with Crippen LogP contribution >= 0.6 is 0 Å². The molecule has 226 valence electrons. The van der Waals surface area contributed by atoms with E-state index in [2.05, 4.69) is 22.8 Å². The lowest BCUT2D eigenvalue weighted by Gasteiger charge is -2.48. The first-order valence-electron chi connectivity index (χ1n) is 15.2. The van der Waals surface area contributed by atoms with Crippen LogP contribution in [0.4, 0.5) is 0 Å². The maximum atomic E-state index is 13.6. The van der Waals surface area contributed by atoms with E-state index >= 15 is 0 Å². The molecule has 2 N–H and O–H groups in total. The molecule has 8 heteroatoms. The molecule has 2 atom stereocenters. The average Bonchev–Trinajstić information content (AvgIpc) is 3.08. The van der Waals surface area contributed by atoms with Crippen molar-refractivity contribution in [2.45, 2.75) is 37.1 Å². The average molecular weight is 609 g/mol. The Balaban J connectivity index is 1.03. The predicted molar refractivity (Wildman–Crippen MR) is 173 cm³/mol. The predicted octanol–water partition coefficient (Wildman–Crippen LogP) is 5.60. The maximum absolute atomic E-state index is 13.6. The first-order chi connectivity index (χ1) is 22.4. The summed E-state index contributed by atoms with van der Waals surface area (Å²) in [7, 11) is 0. The van der Waals surface area contributed by atoms with E-state index in [0.717, 1.165) is 54.2 Å². The van der Waals surface area contributed by atoms with Gasteiger partial charge in [0.15, 0.2) is 0 Å². The number of fused-ring (bicyclic) bond motifs is 7. The Hall–Kier alpha value is -5.76. The van der Waals surface area contributed by atoms with E-state index in [9.17, 15) is 19.2 Å². The van der Waals surface area contributed by atoms with Crippen molar-refractivity contribution in [2.24, 2.45) is 0 Å². The highest BCUT2D eigenvalue weighted by molar-refractivity contribution is 6.22. The van der Waals surface area contributed by atoms with Crippen molar-refractivity contribution >= 4 is 66.8 Å². The Kier molecular flexibility index (Phi) is 6.28. The van der Waals surface area contributed by atoms with Gasteiger partial charge in [0.2, 0.25) is 11.1 Å². The highest BCUT2D eigenvalue weighted by atomic mass is 16.5. The molecule has 2 bridgehead atoms. The van der Waals surface area contributed by atoms with E-state index in [0.29, 0.717) is 0 Å². The lowest BCUT2D eigenvalue weighted by Crippen LogP contribution is -2.83. The molecular weight excluding hydrogens is 580 g/mol. The van der Waals surface area contributed by atoms with Crippen molar-refractivity contribution in [3.63, 3.8) is 0 Å². The standard InChI is InChI=1S/C38H28N2O6/c41-33-37(35(43)45-21-31-27-13-5-1-9-23(27)19-24-10-2-6-14-28(24)31)17-18-38(40-33,34(42)39-37)36(44)46-22-32-29-15-7-3-11-25(29)20-26-12-4-8-16-30(26)32/h1-16,19-20H,17-18,21-22H2,(H,39,42)(H,40,41)/t37-,38-/m1/s1. The van der Waals surface area contributed by atoms with Gasteiger partial charge in [-0.15, -0.1) is 0 Å². The Morgan fingerprint density at radius 1 is 0.522 bits per heavy atom. The number of hydrogen-bond donors (Lipinski definition) is 2. The number of hydrogen-bond acceptors (Lipinski definition) is 6. The zero-order valence-electron chi connectivity index (χ0n) is 24.7. The minimum Gasteiger partial charge on any atom is -0.459 e. The summed E-state index contributed by atoms with van der Waals surface area (Å²) < 4.78 is 11.5. The van der Waals surface area contributed by atoms with Crippen LogP contribution in [0.25, 0.3) is 43.1 Å². The Morgan fingerprint density at radius 3 is 1.13 bits per heavy atom. The summed E-state index contributed by atoms with van der Waals surface area (Å²) >= 11 is 0. The fourth-order valence-corrected chi connectivity index (χ4v) is 6.98. The maximum Gasteiger partial charge on any atom is 0.342 e. The molecule has 2 amide bonds. The third kappa shape index (κ3) is 4.14. The Bertz CT molecular complexity index is 2010. The van der Waals surface area contributed by atoms with E-state index in [1.165, 1.54) is 0 Å². The Morgan fingerprint density at radius 2 is 0.826 bits per heavy atom. The number of benzene rings is 6. The van der Waals surface area contributed by atoms with Crippen molar-refractivity contribution in [1.82, 2.24) is 10.6 Å². The van der Waals surface area contributed by atoms with Gasteiger partial charge in [0.25, 0.3) is 11.8 Å². The van der Waals surface area contributed by atoms with E-state index in [-0.39, 0.29) is 26.1 Å². The number of esters is 2. The van der Waals surface area contributed by atoms with Crippen LogP contribution < -0.4 is 10.6 Å². The molecule has 46 heavy (non-hydrogen) atoms. The fourth-order valence-electron chi connectivity index (χ4n) is 6.98. The number of rotatable bonds is 6. The molecule has 0 unspecified atom stereocenters. The number of piperazine rings is 1. The molecule has 3 aliphatic heterocycles. The molecule has 8 nitrogen and oxygen atoms in total. The molecule has 0 aromatic heterocycles. The Labute approximate surface area is 263 Å². The van der Waals surface area contributed by atoms with Crippen LogP contribution in [0, 0.1) is 0 Å². The largest absolute Gasteiger partial charge is 0.459 e. The van der Waals surface area contributed by atoms with Crippen molar-refractivity contribution in [3.8, 4) is 0 Å². The zero-order chi connectivity index (χ0) is 31.5. The van der Waals surface area contributed by atoms with Gasteiger partial charge >= 0.3 is 11.9 Å². The minimum atomic E-state index is -1.94. The van der Waals surface area contributed by atoms with Gasteiger partial charge in [-0.2, -0.15) is 0 Å². The van der Waals surface area contributed by atoms with E-state index in [4.69, 9.17) is 9.47 Å². The number of piperidine rings is 2. The summed E-state index contributed by atoms with van der Waals surface area (Å²) in [5, 5.41) is 12.7. The molecule has 3 fully saturated rings. The molecule has 3 saturated heterocycles. The van der Waals surface area contributed by atoms with Crippen molar-refractivity contribution in [3.05, 3.63) is 120 Å². The molecule has 3 aliphatic rings.